The molecular weight excluding hydrogens is 490 g/mol. The molecule has 2 aliphatic rings. The van der Waals surface area contributed by atoms with Crippen molar-refractivity contribution in [3.05, 3.63) is 72.6 Å². The molecule has 0 unspecified atom stereocenters. The Balaban J connectivity index is 1.16. The molecule has 200 valence electrons. The van der Waals surface area contributed by atoms with E-state index in [0.29, 0.717) is 0 Å². The maximum absolute atomic E-state index is 5.65. The molecule has 0 amide bonds. The second-order valence-corrected chi connectivity index (χ2v) is 10.2. The maximum Gasteiger partial charge on any atom is 0.158 e. The van der Waals surface area contributed by atoms with Gasteiger partial charge in [0.15, 0.2) is 5.65 Å². The molecule has 7 rings (SSSR count). The number of piperazine rings is 1. The van der Waals surface area contributed by atoms with Gasteiger partial charge in [0, 0.05) is 86.3 Å². The molecule has 1 N–H and O–H groups in total. The lowest BCUT2D eigenvalue weighted by atomic mass is 10.1. The van der Waals surface area contributed by atoms with Crippen LogP contribution < -0.4 is 14.5 Å². The summed E-state index contributed by atoms with van der Waals surface area (Å²) >= 11 is 0. The van der Waals surface area contributed by atoms with Crippen molar-refractivity contribution < 1.29 is 9.47 Å². The second kappa shape index (κ2) is 10.2. The van der Waals surface area contributed by atoms with Crippen LogP contribution in [0.3, 0.4) is 0 Å². The molecule has 0 aliphatic carbocycles. The number of anilines is 2. The topological polar surface area (TPSA) is 74.2 Å². The van der Waals surface area contributed by atoms with Crippen molar-refractivity contribution in [1.82, 2.24) is 24.5 Å². The zero-order valence-corrected chi connectivity index (χ0v) is 22.2. The monoisotopic (exact) mass is 523 g/mol. The fourth-order valence-corrected chi connectivity index (χ4v) is 5.73. The Kier molecular flexibility index (Phi) is 6.30. The van der Waals surface area contributed by atoms with Gasteiger partial charge in [0.05, 0.1) is 31.7 Å². The molecule has 5 heterocycles. The van der Waals surface area contributed by atoms with Gasteiger partial charge < -0.3 is 24.3 Å². The molecule has 0 atom stereocenters. The first-order chi connectivity index (χ1) is 19.2. The molecule has 9 heteroatoms. The summed E-state index contributed by atoms with van der Waals surface area (Å²) in [5.74, 6) is 1.96. The number of nitrogens with one attached hydrogen (secondary N) is 1. The molecular formula is C30H33N7O2. The first kappa shape index (κ1) is 24.0. The number of hydrogen-bond donors (Lipinski definition) is 1. The fraction of sp³-hybridized carbons (Fsp3) is 0.333. The number of H-pyrrole nitrogens is 1. The minimum atomic E-state index is 0.721. The van der Waals surface area contributed by atoms with E-state index in [-0.39, 0.29) is 0 Å². The lowest BCUT2D eigenvalue weighted by Gasteiger charge is -2.35. The van der Waals surface area contributed by atoms with Crippen molar-refractivity contribution in [2.75, 3.05) is 69.4 Å². The Bertz CT molecular complexity index is 1580. The number of nitrogens with zero attached hydrogens (tertiary/aromatic N) is 6. The van der Waals surface area contributed by atoms with Gasteiger partial charge in [0.1, 0.15) is 11.6 Å². The number of fused-ring (bicyclic) bond motifs is 2. The van der Waals surface area contributed by atoms with E-state index in [1.807, 2.05) is 22.8 Å². The average Bonchev–Trinajstić information content (AvgIpc) is 3.64. The van der Waals surface area contributed by atoms with Gasteiger partial charge in [-0.05, 0) is 36.4 Å². The highest BCUT2D eigenvalue weighted by Crippen LogP contribution is 2.31. The summed E-state index contributed by atoms with van der Waals surface area (Å²) in [6.07, 6.45) is 1.99. The van der Waals surface area contributed by atoms with Crippen molar-refractivity contribution in [2.45, 2.75) is 6.54 Å². The predicted octanol–water partition coefficient (Wildman–Crippen LogP) is 4.05. The van der Waals surface area contributed by atoms with Crippen LogP contribution in [0.2, 0.25) is 0 Å². The van der Waals surface area contributed by atoms with Crippen LogP contribution >= 0.6 is 0 Å². The Hall–Kier alpha value is -4.08. The van der Waals surface area contributed by atoms with Gasteiger partial charge >= 0.3 is 0 Å². The standard InChI is InChI=1S/C30H33N7O2/c1-38-24-7-5-23(6-8-24)35-13-11-34(12-14-35)21-22-19-29-32-28(25-3-2-4-27-26(25)9-10-31-27)20-30(37(29)33-22)36-15-17-39-18-16-36/h2-10,19-20,31H,11-18,21H2,1H3. The van der Waals surface area contributed by atoms with Gasteiger partial charge in [-0.25, -0.2) is 4.98 Å². The van der Waals surface area contributed by atoms with Crippen LogP contribution in [-0.2, 0) is 11.3 Å². The number of methoxy groups -OCH3 is 1. The van der Waals surface area contributed by atoms with E-state index in [1.54, 1.807) is 7.11 Å². The molecule has 2 saturated heterocycles. The van der Waals surface area contributed by atoms with Crippen LogP contribution in [0.15, 0.2) is 66.9 Å². The molecule has 2 aliphatic heterocycles. The van der Waals surface area contributed by atoms with E-state index in [2.05, 4.69) is 68.2 Å². The smallest absolute Gasteiger partial charge is 0.158 e. The van der Waals surface area contributed by atoms with Gasteiger partial charge in [-0.2, -0.15) is 9.61 Å². The molecule has 5 aromatic rings. The molecule has 2 aromatic carbocycles. The Labute approximate surface area is 227 Å². The van der Waals surface area contributed by atoms with Crippen LogP contribution in [0.5, 0.6) is 5.75 Å². The predicted molar refractivity (Wildman–Crippen MR) is 154 cm³/mol. The van der Waals surface area contributed by atoms with Crippen molar-refractivity contribution in [3.8, 4) is 17.0 Å². The molecule has 3 aromatic heterocycles. The maximum atomic E-state index is 5.65. The molecule has 0 bridgehead atoms. The Morgan fingerprint density at radius 2 is 1.72 bits per heavy atom. The molecule has 39 heavy (non-hydrogen) atoms. The molecule has 9 nitrogen and oxygen atoms in total. The van der Waals surface area contributed by atoms with Gasteiger partial charge in [-0.15, -0.1) is 0 Å². The third-order valence-electron chi connectivity index (χ3n) is 7.86. The quantitative estimate of drug-likeness (QED) is 0.360. The largest absolute Gasteiger partial charge is 0.497 e. The van der Waals surface area contributed by atoms with Crippen molar-refractivity contribution >= 4 is 28.1 Å². The number of hydrogen-bond acceptors (Lipinski definition) is 7. The second-order valence-electron chi connectivity index (χ2n) is 10.2. The average molecular weight is 524 g/mol. The number of aromatic nitrogens is 4. The summed E-state index contributed by atoms with van der Waals surface area (Å²) in [4.78, 5) is 15.7. The van der Waals surface area contributed by atoms with Crippen LogP contribution in [-0.4, -0.2) is 84.1 Å². The summed E-state index contributed by atoms with van der Waals surface area (Å²) in [6.45, 7) is 7.90. The number of rotatable bonds is 6. The SMILES string of the molecule is COc1ccc(N2CCN(Cc3cc4nc(-c5cccc6[nH]ccc56)cc(N5CCOCC5)n4n3)CC2)cc1. The lowest BCUT2D eigenvalue weighted by molar-refractivity contribution is 0.122. The van der Waals surface area contributed by atoms with Gasteiger partial charge in [0.2, 0.25) is 0 Å². The summed E-state index contributed by atoms with van der Waals surface area (Å²) in [5.41, 5.74) is 6.38. The van der Waals surface area contributed by atoms with E-state index < -0.39 is 0 Å². The van der Waals surface area contributed by atoms with E-state index in [9.17, 15) is 0 Å². The first-order valence-corrected chi connectivity index (χ1v) is 13.7. The summed E-state index contributed by atoms with van der Waals surface area (Å²) in [6, 6.07) is 21.1. The van der Waals surface area contributed by atoms with Crippen LogP contribution in [0, 0.1) is 0 Å². The van der Waals surface area contributed by atoms with E-state index >= 15 is 0 Å². The number of morpholine rings is 1. The number of aromatic amines is 1. The summed E-state index contributed by atoms with van der Waals surface area (Å²) in [7, 11) is 1.70. The summed E-state index contributed by atoms with van der Waals surface area (Å²) in [5, 5.41) is 6.24. The number of ether oxygens (including phenoxy) is 2. The van der Waals surface area contributed by atoms with Crippen LogP contribution in [0.4, 0.5) is 11.5 Å². The van der Waals surface area contributed by atoms with E-state index in [0.717, 1.165) is 98.7 Å². The summed E-state index contributed by atoms with van der Waals surface area (Å²) < 4.78 is 13.0. The highest BCUT2D eigenvalue weighted by atomic mass is 16.5. The fourth-order valence-electron chi connectivity index (χ4n) is 5.73. The Morgan fingerprint density at radius 1 is 0.897 bits per heavy atom. The third kappa shape index (κ3) is 4.68. The number of benzene rings is 2. The molecule has 0 saturated carbocycles. The van der Waals surface area contributed by atoms with Gasteiger partial charge in [-0.3, -0.25) is 4.90 Å². The Morgan fingerprint density at radius 3 is 2.51 bits per heavy atom. The minimum Gasteiger partial charge on any atom is -0.497 e. The van der Waals surface area contributed by atoms with Crippen molar-refractivity contribution in [3.63, 3.8) is 0 Å². The zero-order valence-electron chi connectivity index (χ0n) is 22.2. The minimum absolute atomic E-state index is 0.721. The van der Waals surface area contributed by atoms with Gasteiger partial charge in [-0.1, -0.05) is 12.1 Å². The van der Waals surface area contributed by atoms with Crippen molar-refractivity contribution in [2.24, 2.45) is 0 Å². The molecule has 0 radical (unpaired) electrons. The van der Waals surface area contributed by atoms with E-state index in [1.165, 1.54) is 11.1 Å². The lowest BCUT2D eigenvalue weighted by Crippen LogP contribution is -2.46. The molecule has 0 spiro atoms. The van der Waals surface area contributed by atoms with Crippen LogP contribution in [0.25, 0.3) is 27.8 Å². The molecule has 2 fully saturated rings. The van der Waals surface area contributed by atoms with Gasteiger partial charge in [0.25, 0.3) is 0 Å². The van der Waals surface area contributed by atoms with Crippen molar-refractivity contribution in [1.29, 1.82) is 0 Å². The van der Waals surface area contributed by atoms with E-state index in [4.69, 9.17) is 19.6 Å². The zero-order chi connectivity index (χ0) is 26.2. The van der Waals surface area contributed by atoms with Crippen LogP contribution in [0.1, 0.15) is 5.69 Å². The highest BCUT2D eigenvalue weighted by molar-refractivity contribution is 5.94. The third-order valence-corrected chi connectivity index (χ3v) is 7.86. The highest BCUT2D eigenvalue weighted by Gasteiger charge is 2.22. The normalized spacial score (nSPS) is 16.8. The first-order valence-electron chi connectivity index (χ1n) is 13.7.